The predicted octanol–water partition coefficient (Wildman–Crippen LogP) is 2.05. The number of aromatic nitrogens is 3. The van der Waals surface area contributed by atoms with Crippen LogP contribution >= 0.6 is 15.9 Å². The first-order valence-corrected chi connectivity index (χ1v) is 8.78. The Kier molecular flexibility index (Phi) is 4.19. The van der Waals surface area contributed by atoms with Gasteiger partial charge in [0.05, 0.1) is 25.0 Å². The van der Waals surface area contributed by atoms with Crippen LogP contribution in [0.1, 0.15) is 17.0 Å². The van der Waals surface area contributed by atoms with Crippen molar-refractivity contribution in [1.29, 1.82) is 0 Å². The second-order valence-corrected chi connectivity index (χ2v) is 6.86. The van der Waals surface area contributed by atoms with Crippen LogP contribution < -0.4 is 15.1 Å². The lowest BCUT2D eigenvalue weighted by Gasteiger charge is -2.35. The molecule has 0 spiro atoms. The molecular weight excluding hydrogens is 404 g/mol. The first-order chi connectivity index (χ1) is 12.6. The zero-order valence-electron chi connectivity index (χ0n) is 13.8. The van der Waals surface area contributed by atoms with E-state index >= 15 is 0 Å². The van der Waals surface area contributed by atoms with Crippen molar-refractivity contribution in [2.45, 2.75) is 12.5 Å². The molecule has 1 N–H and O–H groups in total. The number of halogens is 1. The number of pyridine rings is 1. The molecule has 0 aromatic carbocycles. The van der Waals surface area contributed by atoms with E-state index in [0.717, 1.165) is 23.1 Å². The SMILES string of the molecule is COC(=O)c1ncc2c(n1)N(C(=O)Nc1cc(Br)ccn1)[C@H]1CCN2C1. The lowest BCUT2D eigenvalue weighted by molar-refractivity contribution is 0.0586. The molecule has 9 nitrogen and oxygen atoms in total. The summed E-state index contributed by atoms with van der Waals surface area (Å²) < 4.78 is 5.50. The zero-order valence-corrected chi connectivity index (χ0v) is 15.4. The molecule has 1 saturated heterocycles. The number of hydrogen-bond donors (Lipinski definition) is 1. The number of esters is 1. The number of nitrogens with zero attached hydrogens (tertiary/aromatic N) is 5. The van der Waals surface area contributed by atoms with Gasteiger partial charge in [-0.3, -0.25) is 10.2 Å². The monoisotopic (exact) mass is 418 g/mol. The summed E-state index contributed by atoms with van der Waals surface area (Å²) in [5.41, 5.74) is 0.726. The Morgan fingerprint density at radius 3 is 3.00 bits per heavy atom. The Morgan fingerprint density at radius 1 is 1.38 bits per heavy atom. The first-order valence-electron chi connectivity index (χ1n) is 7.99. The fourth-order valence-corrected chi connectivity index (χ4v) is 3.54. The number of carbonyl (C=O) groups is 2. The van der Waals surface area contributed by atoms with Crippen molar-refractivity contribution in [1.82, 2.24) is 15.0 Å². The third kappa shape index (κ3) is 2.85. The third-order valence-corrected chi connectivity index (χ3v) is 4.88. The number of ether oxygens (including phenoxy) is 1. The molecule has 2 bridgehead atoms. The van der Waals surface area contributed by atoms with Crippen molar-refractivity contribution in [2.24, 2.45) is 0 Å². The largest absolute Gasteiger partial charge is 0.463 e. The van der Waals surface area contributed by atoms with Crippen LogP contribution in [0.4, 0.5) is 22.1 Å². The van der Waals surface area contributed by atoms with Crippen molar-refractivity contribution in [3.8, 4) is 0 Å². The van der Waals surface area contributed by atoms with Gasteiger partial charge >= 0.3 is 12.0 Å². The fourth-order valence-electron chi connectivity index (χ4n) is 3.21. The molecule has 2 aliphatic rings. The molecule has 134 valence electrons. The number of methoxy groups -OCH3 is 1. The molecule has 0 radical (unpaired) electrons. The van der Waals surface area contributed by atoms with Crippen LogP contribution in [0.5, 0.6) is 0 Å². The zero-order chi connectivity index (χ0) is 18.3. The molecule has 2 aliphatic heterocycles. The third-order valence-electron chi connectivity index (χ3n) is 4.39. The predicted molar refractivity (Wildman–Crippen MR) is 97.4 cm³/mol. The lowest BCUT2D eigenvalue weighted by Crippen LogP contribution is -2.48. The van der Waals surface area contributed by atoms with Crippen molar-refractivity contribution in [3.05, 3.63) is 34.8 Å². The van der Waals surface area contributed by atoms with Gasteiger partial charge in [0.2, 0.25) is 5.82 Å². The summed E-state index contributed by atoms with van der Waals surface area (Å²) in [4.78, 5) is 40.9. The number of nitrogens with one attached hydrogen (secondary N) is 1. The number of amides is 2. The molecule has 4 rings (SSSR count). The van der Waals surface area contributed by atoms with E-state index in [4.69, 9.17) is 0 Å². The Hall–Kier alpha value is -2.75. The summed E-state index contributed by atoms with van der Waals surface area (Å²) in [5.74, 6) is 0.108. The number of anilines is 3. The van der Waals surface area contributed by atoms with Gasteiger partial charge in [0.1, 0.15) is 5.82 Å². The average Bonchev–Trinajstić information content (AvgIpc) is 3.05. The van der Waals surface area contributed by atoms with Gasteiger partial charge in [0.15, 0.2) is 5.82 Å². The number of rotatable bonds is 2. The van der Waals surface area contributed by atoms with E-state index in [2.05, 4.69) is 45.8 Å². The van der Waals surface area contributed by atoms with Crippen LogP contribution in [0, 0.1) is 0 Å². The van der Waals surface area contributed by atoms with Crippen molar-refractivity contribution >= 4 is 45.3 Å². The van der Waals surface area contributed by atoms with E-state index in [1.54, 1.807) is 29.4 Å². The summed E-state index contributed by atoms with van der Waals surface area (Å²) in [6, 6.07) is 3.10. The maximum absolute atomic E-state index is 12.9. The van der Waals surface area contributed by atoms with Gasteiger partial charge in [-0.1, -0.05) is 15.9 Å². The Morgan fingerprint density at radius 2 is 2.23 bits per heavy atom. The van der Waals surface area contributed by atoms with Gasteiger partial charge in [-0.05, 0) is 18.6 Å². The fraction of sp³-hybridized carbons (Fsp3) is 0.312. The minimum Gasteiger partial charge on any atom is -0.463 e. The average molecular weight is 419 g/mol. The minimum atomic E-state index is -0.644. The van der Waals surface area contributed by atoms with Crippen molar-refractivity contribution in [2.75, 3.05) is 35.3 Å². The van der Waals surface area contributed by atoms with Crippen LogP contribution in [0.25, 0.3) is 0 Å². The van der Waals surface area contributed by atoms with Crippen molar-refractivity contribution < 1.29 is 14.3 Å². The molecule has 0 aliphatic carbocycles. The molecule has 2 aromatic rings. The Balaban J connectivity index is 1.70. The van der Waals surface area contributed by atoms with E-state index in [1.807, 2.05) is 0 Å². The number of carbonyl (C=O) groups excluding carboxylic acids is 2. The highest BCUT2D eigenvalue weighted by molar-refractivity contribution is 9.10. The number of hydrogen-bond acceptors (Lipinski definition) is 7. The normalized spacial score (nSPS) is 17.7. The van der Waals surface area contributed by atoms with Crippen LogP contribution in [-0.4, -0.2) is 53.2 Å². The molecule has 0 unspecified atom stereocenters. The number of fused-ring (bicyclic) bond motifs is 4. The Labute approximate surface area is 157 Å². The van der Waals surface area contributed by atoms with Crippen LogP contribution in [0.15, 0.2) is 29.0 Å². The molecule has 10 heteroatoms. The van der Waals surface area contributed by atoms with Crippen LogP contribution in [0.2, 0.25) is 0 Å². The van der Waals surface area contributed by atoms with E-state index in [0.29, 0.717) is 18.2 Å². The van der Waals surface area contributed by atoms with Gasteiger partial charge in [-0.2, -0.15) is 0 Å². The molecule has 0 saturated carbocycles. The van der Waals surface area contributed by atoms with Gasteiger partial charge < -0.3 is 9.64 Å². The molecule has 1 atom stereocenters. The van der Waals surface area contributed by atoms with Crippen LogP contribution in [0.3, 0.4) is 0 Å². The highest BCUT2D eigenvalue weighted by atomic mass is 79.9. The lowest BCUT2D eigenvalue weighted by atomic mass is 10.2. The highest BCUT2D eigenvalue weighted by Gasteiger charge is 2.41. The smallest absolute Gasteiger partial charge is 0.376 e. The Bertz CT molecular complexity index is 892. The standard InChI is InChI=1S/C16H15BrN6O3/c1-26-15(24)13-19-7-11-14(21-13)23(10-3-5-22(11)8-10)16(25)20-12-6-9(17)2-4-18-12/h2,4,6-7,10H,3,5,8H2,1H3,(H,18,20,25)/t10-/m0/s1. The molecular formula is C16H15BrN6O3. The van der Waals surface area contributed by atoms with Gasteiger partial charge in [0, 0.05) is 23.8 Å². The summed E-state index contributed by atoms with van der Waals surface area (Å²) in [6.45, 7) is 1.50. The van der Waals surface area contributed by atoms with Gasteiger partial charge in [-0.25, -0.2) is 24.5 Å². The highest BCUT2D eigenvalue weighted by Crippen LogP contribution is 2.38. The van der Waals surface area contributed by atoms with E-state index in [1.165, 1.54) is 7.11 Å². The molecule has 1 fully saturated rings. The van der Waals surface area contributed by atoms with E-state index in [9.17, 15) is 9.59 Å². The summed E-state index contributed by atoms with van der Waals surface area (Å²) in [6.07, 6.45) is 3.97. The van der Waals surface area contributed by atoms with E-state index in [-0.39, 0.29) is 17.9 Å². The number of urea groups is 1. The molecule has 4 heterocycles. The second kappa shape index (κ2) is 6.52. The topological polar surface area (TPSA) is 101 Å². The van der Waals surface area contributed by atoms with Gasteiger partial charge in [0.25, 0.3) is 0 Å². The quantitative estimate of drug-likeness (QED) is 0.744. The van der Waals surface area contributed by atoms with Gasteiger partial charge in [-0.15, -0.1) is 0 Å². The minimum absolute atomic E-state index is 0.0324. The summed E-state index contributed by atoms with van der Waals surface area (Å²) in [5, 5.41) is 2.79. The maximum atomic E-state index is 12.9. The molecule has 2 aromatic heterocycles. The summed E-state index contributed by atoms with van der Waals surface area (Å²) in [7, 11) is 1.27. The summed E-state index contributed by atoms with van der Waals surface area (Å²) >= 11 is 3.36. The first kappa shape index (κ1) is 16.7. The van der Waals surface area contributed by atoms with Crippen molar-refractivity contribution in [3.63, 3.8) is 0 Å². The van der Waals surface area contributed by atoms with E-state index < -0.39 is 5.97 Å². The molecule has 2 amide bonds. The van der Waals surface area contributed by atoms with Crippen LogP contribution in [-0.2, 0) is 4.74 Å². The molecule has 26 heavy (non-hydrogen) atoms. The second-order valence-electron chi connectivity index (χ2n) is 5.94. The maximum Gasteiger partial charge on any atom is 0.376 e.